The van der Waals surface area contributed by atoms with E-state index in [1.807, 2.05) is 11.3 Å². The third-order valence-corrected chi connectivity index (χ3v) is 9.43. The summed E-state index contributed by atoms with van der Waals surface area (Å²) in [6.45, 7) is 0. The zero-order valence-electron chi connectivity index (χ0n) is 23.1. The monoisotopic (exact) mass is 568 g/mol. The molecule has 202 valence electrons. The van der Waals surface area contributed by atoms with Crippen molar-refractivity contribution in [3.05, 3.63) is 146 Å². The van der Waals surface area contributed by atoms with Crippen LogP contribution in [0.2, 0.25) is 0 Å². The molecule has 0 aliphatic carbocycles. The molecule has 9 rings (SSSR count). The number of nitrogens with zero attached hydrogens (tertiary/aromatic N) is 2. The van der Waals surface area contributed by atoms with Crippen molar-refractivity contribution in [3.8, 4) is 11.5 Å². The lowest BCUT2D eigenvalue weighted by Crippen LogP contribution is -2.11. The molecule has 0 spiro atoms. The van der Waals surface area contributed by atoms with Crippen molar-refractivity contribution in [2.75, 3.05) is 4.90 Å². The second kappa shape index (κ2) is 9.55. The zero-order valence-corrected chi connectivity index (χ0v) is 23.9. The predicted octanol–water partition coefficient (Wildman–Crippen LogP) is 11.6. The molecule has 4 heteroatoms. The summed E-state index contributed by atoms with van der Waals surface area (Å²) in [7, 11) is 0. The Bertz CT molecular complexity index is 2400. The van der Waals surface area contributed by atoms with Gasteiger partial charge in [-0.2, -0.15) is 0 Å². The van der Waals surface area contributed by atoms with E-state index < -0.39 is 0 Å². The van der Waals surface area contributed by atoms with Gasteiger partial charge < -0.3 is 9.32 Å². The summed E-state index contributed by atoms with van der Waals surface area (Å²) >= 11 is 1.83. The highest BCUT2D eigenvalue weighted by Gasteiger charge is 2.22. The molecule has 43 heavy (non-hydrogen) atoms. The maximum atomic E-state index is 6.72. The van der Waals surface area contributed by atoms with Crippen LogP contribution < -0.4 is 4.90 Å². The van der Waals surface area contributed by atoms with Gasteiger partial charge in [-0.3, -0.25) is 0 Å². The number of aromatic nitrogens is 1. The molecule has 0 unspecified atom stereocenters. The van der Waals surface area contributed by atoms with E-state index in [0.29, 0.717) is 5.89 Å². The first kappa shape index (κ1) is 24.2. The van der Waals surface area contributed by atoms with E-state index in [1.54, 1.807) is 0 Å². The summed E-state index contributed by atoms with van der Waals surface area (Å²) in [4.78, 5) is 7.49. The van der Waals surface area contributed by atoms with Crippen molar-refractivity contribution >= 4 is 81.2 Å². The van der Waals surface area contributed by atoms with Gasteiger partial charge in [-0.15, -0.1) is 11.3 Å². The summed E-state index contributed by atoms with van der Waals surface area (Å²) in [6, 6.07) is 51.2. The van der Waals surface area contributed by atoms with Crippen LogP contribution in [0.3, 0.4) is 0 Å². The quantitative estimate of drug-likeness (QED) is 0.198. The fourth-order valence-electron chi connectivity index (χ4n) is 6.35. The number of anilines is 3. The molecule has 0 amide bonds. The van der Waals surface area contributed by atoms with Crippen LogP contribution in [0.4, 0.5) is 17.1 Å². The molecule has 0 aliphatic rings. The first-order chi connectivity index (χ1) is 21.3. The Balaban J connectivity index is 1.30. The second-order valence-corrected chi connectivity index (χ2v) is 11.8. The molecular weight excluding hydrogens is 545 g/mol. The number of thiophene rings is 1. The SMILES string of the molecule is c1ccc(N(c2ccc3sc4ccccc4c3c2)c2ccccc2-c2nc3c4ccccc4c4ccccc4c3o2)cc1. The summed E-state index contributed by atoms with van der Waals surface area (Å²) in [5.41, 5.74) is 5.80. The molecule has 0 saturated heterocycles. The predicted molar refractivity (Wildman–Crippen MR) is 182 cm³/mol. The molecule has 2 heterocycles. The van der Waals surface area contributed by atoms with Crippen molar-refractivity contribution in [1.82, 2.24) is 4.98 Å². The van der Waals surface area contributed by atoms with Gasteiger partial charge in [0.1, 0.15) is 5.52 Å². The smallest absolute Gasteiger partial charge is 0.229 e. The standard InChI is InChI=1S/C39H24N2OS/c1-2-12-25(13-3-1)41(26-22-23-36-33(24-26)29-16-9-11-21-35(29)43-36)34-20-10-8-19-32(34)39-40-37-30-17-6-4-14-27(30)28-15-5-7-18-31(28)38(37)42-39/h1-24H. The normalized spacial score (nSPS) is 11.7. The molecule has 3 nitrogen and oxygen atoms in total. The fourth-order valence-corrected chi connectivity index (χ4v) is 7.43. The van der Waals surface area contributed by atoms with Gasteiger partial charge in [0.2, 0.25) is 5.89 Å². The van der Waals surface area contributed by atoms with Crippen LogP contribution in [-0.4, -0.2) is 4.98 Å². The molecule has 9 aromatic rings. The van der Waals surface area contributed by atoms with Gasteiger partial charge in [0, 0.05) is 42.3 Å². The van der Waals surface area contributed by atoms with Crippen LogP contribution in [0, 0.1) is 0 Å². The third-order valence-electron chi connectivity index (χ3n) is 8.28. The highest BCUT2D eigenvalue weighted by Crippen LogP contribution is 2.45. The Labute approximate surface area is 251 Å². The number of hydrogen-bond donors (Lipinski definition) is 0. The summed E-state index contributed by atoms with van der Waals surface area (Å²) in [5, 5.41) is 7.06. The van der Waals surface area contributed by atoms with Gasteiger partial charge in [-0.05, 0) is 59.3 Å². The molecule has 0 atom stereocenters. The lowest BCUT2D eigenvalue weighted by Gasteiger charge is -2.27. The molecule has 0 radical (unpaired) electrons. The van der Waals surface area contributed by atoms with Crippen molar-refractivity contribution in [2.45, 2.75) is 0 Å². The highest BCUT2D eigenvalue weighted by atomic mass is 32.1. The van der Waals surface area contributed by atoms with E-state index in [2.05, 4.69) is 150 Å². The number of hydrogen-bond acceptors (Lipinski definition) is 4. The summed E-state index contributed by atoms with van der Waals surface area (Å²) in [6.07, 6.45) is 0. The maximum absolute atomic E-state index is 6.72. The third kappa shape index (κ3) is 3.77. The van der Waals surface area contributed by atoms with Crippen LogP contribution in [0.25, 0.3) is 64.3 Å². The second-order valence-electron chi connectivity index (χ2n) is 10.8. The molecule has 0 fully saturated rings. The van der Waals surface area contributed by atoms with E-state index in [0.717, 1.165) is 44.5 Å². The number of fused-ring (bicyclic) bond motifs is 9. The minimum Gasteiger partial charge on any atom is -0.435 e. The molecule has 0 aliphatic heterocycles. The molecule has 7 aromatic carbocycles. The van der Waals surface area contributed by atoms with Crippen molar-refractivity contribution in [3.63, 3.8) is 0 Å². The molecule has 0 saturated carbocycles. The van der Waals surface area contributed by atoms with Crippen LogP contribution in [0.5, 0.6) is 0 Å². The first-order valence-corrected chi connectivity index (χ1v) is 15.2. The first-order valence-electron chi connectivity index (χ1n) is 14.4. The number of oxazole rings is 1. The van der Waals surface area contributed by atoms with Gasteiger partial charge in [-0.1, -0.05) is 97.1 Å². The van der Waals surface area contributed by atoms with E-state index in [4.69, 9.17) is 9.40 Å². The van der Waals surface area contributed by atoms with E-state index >= 15 is 0 Å². The van der Waals surface area contributed by atoms with Gasteiger partial charge in [-0.25, -0.2) is 4.98 Å². The Kier molecular flexibility index (Phi) is 5.37. The molecule has 2 aromatic heterocycles. The summed E-state index contributed by atoms with van der Waals surface area (Å²) in [5.74, 6) is 0.607. The van der Waals surface area contributed by atoms with Crippen LogP contribution in [0.15, 0.2) is 150 Å². The van der Waals surface area contributed by atoms with Crippen LogP contribution in [-0.2, 0) is 0 Å². The Hall–Kier alpha value is -5.45. The molecule has 0 bridgehead atoms. The highest BCUT2D eigenvalue weighted by molar-refractivity contribution is 7.25. The van der Waals surface area contributed by atoms with Crippen molar-refractivity contribution in [2.24, 2.45) is 0 Å². The lowest BCUT2D eigenvalue weighted by molar-refractivity contribution is 0.623. The average molecular weight is 569 g/mol. The average Bonchev–Trinajstić information content (AvgIpc) is 3.68. The maximum Gasteiger partial charge on any atom is 0.229 e. The minimum absolute atomic E-state index is 0.607. The fraction of sp³-hybridized carbons (Fsp3) is 0. The van der Waals surface area contributed by atoms with Crippen LogP contribution >= 0.6 is 11.3 Å². The van der Waals surface area contributed by atoms with Crippen molar-refractivity contribution < 1.29 is 4.42 Å². The van der Waals surface area contributed by atoms with Crippen molar-refractivity contribution in [1.29, 1.82) is 0 Å². The lowest BCUT2D eigenvalue weighted by atomic mass is 10.0. The van der Waals surface area contributed by atoms with Gasteiger partial charge in [0.05, 0.1) is 11.3 Å². The Morgan fingerprint density at radius 3 is 1.95 bits per heavy atom. The van der Waals surface area contributed by atoms with E-state index in [1.165, 1.54) is 30.9 Å². The van der Waals surface area contributed by atoms with E-state index in [-0.39, 0.29) is 0 Å². The minimum atomic E-state index is 0.607. The topological polar surface area (TPSA) is 29.3 Å². The number of para-hydroxylation sites is 2. The Morgan fingerprint density at radius 2 is 1.12 bits per heavy atom. The largest absolute Gasteiger partial charge is 0.435 e. The number of rotatable bonds is 4. The van der Waals surface area contributed by atoms with Gasteiger partial charge in [0.25, 0.3) is 0 Å². The zero-order chi connectivity index (χ0) is 28.3. The van der Waals surface area contributed by atoms with Crippen LogP contribution in [0.1, 0.15) is 0 Å². The van der Waals surface area contributed by atoms with Gasteiger partial charge >= 0.3 is 0 Å². The Morgan fingerprint density at radius 1 is 0.488 bits per heavy atom. The van der Waals surface area contributed by atoms with Gasteiger partial charge in [0.15, 0.2) is 5.58 Å². The number of benzene rings is 7. The van der Waals surface area contributed by atoms with E-state index in [9.17, 15) is 0 Å². The molecule has 0 N–H and O–H groups in total. The molecular formula is C39H24N2OS. The summed E-state index contributed by atoms with van der Waals surface area (Å²) < 4.78 is 9.30.